The van der Waals surface area contributed by atoms with E-state index in [0.29, 0.717) is 57.8 Å². The van der Waals surface area contributed by atoms with Gasteiger partial charge in [0.1, 0.15) is 0 Å². The molecule has 2 aromatic heterocycles. The molecule has 2 aromatic carbocycles. The Balaban J connectivity index is 1.06. The minimum absolute atomic E-state index is 0.0589. The number of hydrogen-bond donors (Lipinski definition) is 1. The first-order chi connectivity index (χ1) is 19.4. The number of hydrogen-bond acceptors (Lipinski definition) is 6. The predicted octanol–water partition coefficient (Wildman–Crippen LogP) is 3.82. The Morgan fingerprint density at radius 1 is 0.875 bits per heavy atom. The Labute approximate surface area is 234 Å². The number of amides is 1. The van der Waals surface area contributed by atoms with Gasteiger partial charge in [-0.25, -0.2) is 23.1 Å². The van der Waals surface area contributed by atoms with Gasteiger partial charge in [0.15, 0.2) is 0 Å². The van der Waals surface area contributed by atoms with Crippen LogP contribution in [0.5, 0.6) is 0 Å². The Morgan fingerprint density at radius 2 is 1.57 bits per heavy atom. The molecule has 2 fully saturated rings. The number of aryl methyl sites for hydroxylation is 1. The smallest absolute Gasteiger partial charge is 0.240 e. The molecule has 9 nitrogen and oxygen atoms in total. The topological polar surface area (TPSA) is 100 Å². The van der Waals surface area contributed by atoms with Crippen LogP contribution < -0.4 is 9.62 Å². The number of anilines is 1. The van der Waals surface area contributed by atoms with Crippen LogP contribution in [0.25, 0.3) is 22.2 Å². The van der Waals surface area contributed by atoms with Crippen LogP contribution in [0.4, 0.5) is 5.95 Å². The number of nitrogens with one attached hydrogen (secondary N) is 1. The largest absolute Gasteiger partial charge is 0.344 e. The number of sulfonamides is 1. The molecule has 0 unspecified atom stereocenters. The Kier molecular flexibility index (Phi) is 7.29. The van der Waals surface area contributed by atoms with E-state index in [-0.39, 0.29) is 22.8 Å². The molecule has 1 saturated carbocycles. The lowest BCUT2D eigenvalue weighted by Gasteiger charge is -2.37. The fraction of sp³-hybridized carbons (Fsp3) is 0.367. The maximum absolute atomic E-state index is 13.3. The highest BCUT2D eigenvalue weighted by atomic mass is 32.2. The lowest BCUT2D eigenvalue weighted by atomic mass is 9.85. The predicted molar refractivity (Wildman–Crippen MR) is 155 cm³/mol. The van der Waals surface area contributed by atoms with E-state index in [1.165, 1.54) is 0 Å². The number of aromatic nitrogens is 3. The van der Waals surface area contributed by atoms with Crippen molar-refractivity contribution in [2.24, 2.45) is 13.0 Å². The monoisotopic (exact) mass is 558 g/mol. The summed E-state index contributed by atoms with van der Waals surface area (Å²) in [6.45, 7) is 2.72. The van der Waals surface area contributed by atoms with E-state index in [4.69, 9.17) is 0 Å². The molecule has 3 heterocycles. The highest BCUT2D eigenvalue weighted by molar-refractivity contribution is 7.89. The second-order valence-electron chi connectivity index (χ2n) is 10.7. The summed E-state index contributed by atoms with van der Waals surface area (Å²) in [5.41, 5.74) is 2.99. The van der Waals surface area contributed by atoms with Crippen molar-refractivity contribution in [1.29, 1.82) is 0 Å². The van der Waals surface area contributed by atoms with Crippen LogP contribution in [0.2, 0.25) is 0 Å². The molecule has 1 N–H and O–H groups in total. The number of carbonyl (C=O) groups is 1. The molecule has 40 heavy (non-hydrogen) atoms. The zero-order valence-corrected chi connectivity index (χ0v) is 23.4. The van der Waals surface area contributed by atoms with E-state index < -0.39 is 10.0 Å². The third kappa shape index (κ3) is 5.33. The van der Waals surface area contributed by atoms with Gasteiger partial charge in [0.2, 0.25) is 21.9 Å². The molecule has 0 atom stereocenters. The zero-order chi connectivity index (χ0) is 27.7. The average Bonchev–Trinajstić information content (AvgIpc) is 3.33. The summed E-state index contributed by atoms with van der Waals surface area (Å²) < 4.78 is 31.6. The second kappa shape index (κ2) is 11.0. The quantitative estimate of drug-likeness (QED) is 0.386. The van der Waals surface area contributed by atoms with Crippen LogP contribution in [-0.4, -0.2) is 66.0 Å². The fourth-order valence-corrected chi connectivity index (χ4v) is 7.27. The summed E-state index contributed by atoms with van der Waals surface area (Å²) in [6, 6.07) is 19.1. The van der Waals surface area contributed by atoms with Crippen LogP contribution >= 0.6 is 0 Å². The van der Waals surface area contributed by atoms with Gasteiger partial charge >= 0.3 is 0 Å². The van der Waals surface area contributed by atoms with E-state index in [1.54, 1.807) is 30.6 Å². The molecule has 1 aliphatic heterocycles. The Bertz CT molecular complexity index is 1590. The molecule has 2 aliphatic rings. The molecule has 10 heteroatoms. The van der Waals surface area contributed by atoms with Gasteiger partial charge in [0.25, 0.3) is 0 Å². The molecule has 1 aliphatic carbocycles. The van der Waals surface area contributed by atoms with Crippen molar-refractivity contribution in [3.63, 3.8) is 0 Å². The van der Waals surface area contributed by atoms with Crippen LogP contribution in [0.15, 0.2) is 78.0 Å². The van der Waals surface area contributed by atoms with E-state index >= 15 is 0 Å². The lowest BCUT2D eigenvalue weighted by molar-refractivity contribution is -0.137. The number of piperazine rings is 1. The first kappa shape index (κ1) is 26.5. The van der Waals surface area contributed by atoms with Gasteiger partial charge in [0.05, 0.1) is 4.90 Å². The van der Waals surface area contributed by atoms with Gasteiger partial charge in [-0.1, -0.05) is 36.4 Å². The minimum Gasteiger partial charge on any atom is -0.344 e. The summed E-state index contributed by atoms with van der Waals surface area (Å²) in [4.78, 5) is 26.1. The van der Waals surface area contributed by atoms with Crippen LogP contribution in [0.1, 0.15) is 25.7 Å². The van der Waals surface area contributed by atoms with Gasteiger partial charge in [-0.3, -0.25) is 4.79 Å². The lowest BCUT2D eigenvalue weighted by Crippen LogP contribution is -2.51. The van der Waals surface area contributed by atoms with Gasteiger partial charge in [-0.15, -0.1) is 0 Å². The van der Waals surface area contributed by atoms with E-state index in [1.807, 2.05) is 52.9 Å². The van der Waals surface area contributed by atoms with E-state index in [9.17, 15) is 13.2 Å². The zero-order valence-electron chi connectivity index (χ0n) is 22.6. The number of carbonyl (C=O) groups excluding carboxylic acids is 1. The van der Waals surface area contributed by atoms with Gasteiger partial charge in [-0.2, -0.15) is 0 Å². The average molecular weight is 559 g/mol. The molecular weight excluding hydrogens is 524 g/mol. The molecule has 0 spiro atoms. The maximum atomic E-state index is 13.3. The van der Waals surface area contributed by atoms with Crippen LogP contribution in [0.3, 0.4) is 0 Å². The molecule has 0 bridgehead atoms. The van der Waals surface area contributed by atoms with E-state index in [2.05, 4.69) is 25.7 Å². The summed E-state index contributed by atoms with van der Waals surface area (Å²) in [7, 11) is -1.73. The van der Waals surface area contributed by atoms with Crippen molar-refractivity contribution in [1.82, 2.24) is 24.2 Å². The molecule has 4 aromatic rings. The molecular formula is C30H34N6O3S. The molecule has 208 valence electrons. The van der Waals surface area contributed by atoms with Gasteiger partial charge in [0, 0.05) is 74.2 Å². The molecule has 1 amide bonds. The molecule has 6 rings (SSSR count). The van der Waals surface area contributed by atoms with Crippen molar-refractivity contribution < 1.29 is 13.2 Å². The van der Waals surface area contributed by atoms with Crippen molar-refractivity contribution in [3.05, 3.63) is 73.1 Å². The number of rotatable bonds is 6. The third-order valence-electron chi connectivity index (χ3n) is 8.22. The first-order valence-electron chi connectivity index (χ1n) is 13.9. The van der Waals surface area contributed by atoms with Crippen molar-refractivity contribution in [2.75, 3.05) is 31.1 Å². The van der Waals surface area contributed by atoms with Crippen LogP contribution in [-0.2, 0) is 21.9 Å². The highest BCUT2D eigenvalue weighted by Crippen LogP contribution is 2.31. The number of benzene rings is 2. The third-order valence-corrected chi connectivity index (χ3v) is 9.74. The fourth-order valence-electron chi connectivity index (χ4n) is 5.95. The standard InChI is InChI=1S/C30H34N6O3S/c1-34-27(22-6-3-2-4-7-22)20-24-10-13-26(21-28(24)34)40(38,39)33-25-11-8-23(9-12-25)29(37)35-16-18-36(19-17-35)30-31-14-5-15-32-30/h2-7,10,13-15,20-21,23,25,33H,8-9,11-12,16-19H2,1H3/t23-,25-. The SMILES string of the molecule is Cn1c(-c2ccccc2)cc2ccc(S(=O)(=O)N[C@H]3CC[C@H](C(=O)N4CCN(c5ncccn5)CC4)CC3)cc21. The normalized spacial score (nSPS) is 20.1. The van der Waals surface area contributed by atoms with Crippen molar-refractivity contribution in [3.8, 4) is 11.3 Å². The van der Waals surface area contributed by atoms with Crippen molar-refractivity contribution >= 4 is 32.8 Å². The summed E-state index contributed by atoms with van der Waals surface area (Å²) >= 11 is 0. The molecule has 0 radical (unpaired) electrons. The Morgan fingerprint density at radius 3 is 2.27 bits per heavy atom. The van der Waals surface area contributed by atoms with E-state index in [0.717, 1.165) is 22.2 Å². The highest BCUT2D eigenvalue weighted by Gasteiger charge is 2.33. The summed E-state index contributed by atoms with van der Waals surface area (Å²) in [5, 5.41) is 0.997. The van der Waals surface area contributed by atoms with Gasteiger partial charge in [-0.05, 0) is 55.5 Å². The van der Waals surface area contributed by atoms with Crippen molar-refractivity contribution in [2.45, 2.75) is 36.6 Å². The summed E-state index contributed by atoms with van der Waals surface area (Å²) in [5.74, 6) is 0.819. The maximum Gasteiger partial charge on any atom is 0.240 e. The van der Waals surface area contributed by atoms with Crippen LogP contribution in [0, 0.1) is 5.92 Å². The molecule has 1 saturated heterocycles. The second-order valence-corrected chi connectivity index (χ2v) is 12.4. The number of fused-ring (bicyclic) bond motifs is 1. The Hall–Kier alpha value is -3.76. The van der Waals surface area contributed by atoms with Gasteiger partial charge < -0.3 is 14.4 Å². The minimum atomic E-state index is -3.69. The first-order valence-corrected chi connectivity index (χ1v) is 15.4. The number of nitrogens with zero attached hydrogens (tertiary/aromatic N) is 5. The summed E-state index contributed by atoms with van der Waals surface area (Å²) in [6.07, 6.45) is 6.13.